The smallest absolute Gasteiger partial charge is 0.143 e. The quantitative estimate of drug-likeness (QED) is 0.161. The van der Waals surface area contributed by atoms with Gasteiger partial charge in [0.25, 0.3) is 0 Å². The van der Waals surface area contributed by atoms with Crippen LogP contribution in [0, 0.1) is 0 Å². The van der Waals surface area contributed by atoms with Crippen LogP contribution >= 0.6 is 0 Å². The van der Waals surface area contributed by atoms with Gasteiger partial charge in [-0.05, 0) is 137 Å². The number of fused-ring (bicyclic) bond motifs is 13. The molecule has 0 saturated heterocycles. The molecule has 1 aliphatic carbocycles. The minimum Gasteiger partial charge on any atom is -0.455 e. The highest BCUT2D eigenvalue weighted by atomic mass is 16.3. The second kappa shape index (κ2) is 13.5. The number of furan rings is 1. The molecule has 2 nitrogen and oxygen atoms in total. The van der Waals surface area contributed by atoms with Crippen LogP contribution in [-0.2, 0) is 5.41 Å². The van der Waals surface area contributed by atoms with Gasteiger partial charge in [-0.3, -0.25) is 0 Å². The van der Waals surface area contributed by atoms with E-state index in [2.05, 4.69) is 231 Å². The highest BCUT2D eigenvalue weighted by Gasteiger charge is 2.36. The van der Waals surface area contributed by atoms with Crippen LogP contribution in [0.25, 0.3) is 98.4 Å². The molecule has 0 fully saturated rings. The summed E-state index contributed by atoms with van der Waals surface area (Å²) in [6.07, 6.45) is 0. The summed E-state index contributed by atoms with van der Waals surface area (Å²) in [5.41, 5.74) is 14.9. The van der Waals surface area contributed by atoms with E-state index in [1.807, 2.05) is 0 Å². The highest BCUT2D eigenvalue weighted by Crippen LogP contribution is 2.51. The Morgan fingerprint density at radius 2 is 0.905 bits per heavy atom. The molecule has 13 rings (SSSR count). The Morgan fingerprint density at radius 3 is 1.67 bits per heavy atom. The summed E-state index contributed by atoms with van der Waals surface area (Å²) in [6.45, 7) is 4.71. The van der Waals surface area contributed by atoms with Crippen LogP contribution in [0.15, 0.2) is 217 Å². The van der Waals surface area contributed by atoms with E-state index in [-0.39, 0.29) is 5.41 Å². The van der Waals surface area contributed by atoms with E-state index < -0.39 is 0 Å². The van der Waals surface area contributed by atoms with E-state index in [1.54, 1.807) is 0 Å². The Morgan fingerprint density at radius 1 is 0.349 bits per heavy atom. The van der Waals surface area contributed by atoms with Crippen LogP contribution in [0.3, 0.4) is 0 Å². The SMILES string of the molecule is CC1(C)c2ccccc2-c2ccc(N(c3ccc(-c4ccccc4)cc3)c3ccc4oc5c(-c6ccc7c8ccccc8c8ccccc8c7c6)c6ccccc6cc5c4c3)cc21. The standard InChI is InChI=1S/C61H41NO/c1-61(2)56-23-13-12-22-51(56)52-32-29-44(37-57(52)61)62(42-27-24-39(25-28-42)38-14-4-3-5-15-38)43-30-33-58-54(36-43)55-34-40-16-6-7-17-45(40)59(60(55)63-58)41-26-31-50-48-20-9-8-18-46(48)47-19-10-11-21-49(47)53(50)35-41/h3-37H,1-2H3. The first-order valence-corrected chi connectivity index (χ1v) is 21.9. The average molecular weight is 804 g/mol. The number of anilines is 3. The van der Waals surface area contributed by atoms with Crippen molar-refractivity contribution >= 4 is 82.1 Å². The fourth-order valence-electron chi connectivity index (χ4n) is 10.8. The van der Waals surface area contributed by atoms with E-state index in [0.717, 1.165) is 50.1 Å². The van der Waals surface area contributed by atoms with Crippen LogP contribution in [0.2, 0.25) is 0 Å². The summed E-state index contributed by atoms with van der Waals surface area (Å²) in [5.74, 6) is 0. The minimum absolute atomic E-state index is 0.130. The van der Waals surface area contributed by atoms with Gasteiger partial charge in [0.2, 0.25) is 0 Å². The number of nitrogens with zero attached hydrogens (tertiary/aromatic N) is 1. The molecule has 11 aromatic carbocycles. The number of rotatable bonds is 5. The van der Waals surface area contributed by atoms with Crippen LogP contribution < -0.4 is 4.90 Å². The Labute approximate surface area is 365 Å². The normalized spacial score (nSPS) is 13.0. The van der Waals surface area contributed by atoms with Gasteiger partial charge in [0, 0.05) is 38.8 Å². The molecule has 0 N–H and O–H groups in total. The Hall–Kier alpha value is -7.94. The van der Waals surface area contributed by atoms with Gasteiger partial charge in [0.05, 0.1) is 0 Å². The zero-order valence-corrected chi connectivity index (χ0v) is 35.1. The van der Waals surface area contributed by atoms with Crippen molar-refractivity contribution in [2.75, 3.05) is 4.90 Å². The Kier molecular flexibility index (Phi) is 7.68. The lowest BCUT2D eigenvalue weighted by Gasteiger charge is -2.28. The van der Waals surface area contributed by atoms with Crippen molar-refractivity contribution in [3.8, 4) is 33.4 Å². The fourth-order valence-corrected chi connectivity index (χ4v) is 10.8. The third kappa shape index (κ3) is 5.38. The Bertz CT molecular complexity index is 3780. The van der Waals surface area contributed by atoms with Gasteiger partial charge in [0.1, 0.15) is 11.2 Å². The minimum atomic E-state index is -0.130. The number of hydrogen-bond donors (Lipinski definition) is 0. The van der Waals surface area contributed by atoms with Crippen molar-refractivity contribution in [1.82, 2.24) is 0 Å². The summed E-state index contributed by atoms with van der Waals surface area (Å²) in [4.78, 5) is 2.41. The third-order valence-corrected chi connectivity index (χ3v) is 13.8. The summed E-state index contributed by atoms with van der Waals surface area (Å²) in [6, 6.07) is 77.9. The molecule has 0 saturated carbocycles. The van der Waals surface area contributed by atoms with Crippen LogP contribution in [0.4, 0.5) is 17.1 Å². The monoisotopic (exact) mass is 803 g/mol. The van der Waals surface area contributed by atoms with Crippen molar-refractivity contribution in [2.24, 2.45) is 0 Å². The van der Waals surface area contributed by atoms with Crippen LogP contribution in [0.1, 0.15) is 25.0 Å². The molecule has 0 aliphatic heterocycles. The lowest BCUT2D eigenvalue weighted by Crippen LogP contribution is -2.16. The van der Waals surface area contributed by atoms with Crippen molar-refractivity contribution in [3.05, 3.63) is 223 Å². The first kappa shape index (κ1) is 35.8. The molecule has 296 valence electrons. The molecule has 12 aromatic rings. The zero-order valence-electron chi connectivity index (χ0n) is 35.1. The van der Waals surface area contributed by atoms with E-state index in [9.17, 15) is 0 Å². The van der Waals surface area contributed by atoms with Gasteiger partial charge >= 0.3 is 0 Å². The topological polar surface area (TPSA) is 16.4 Å². The molecule has 0 bridgehead atoms. The molecule has 0 spiro atoms. The van der Waals surface area contributed by atoms with E-state index in [1.165, 1.54) is 76.5 Å². The van der Waals surface area contributed by atoms with Crippen molar-refractivity contribution in [1.29, 1.82) is 0 Å². The van der Waals surface area contributed by atoms with E-state index in [4.69, 9.17) is 4.42 Å². The second-order valence-corrected chi connectivity index (χ2v) is 17.6. The second-order valence-electron chi connectivity index (χ2n) is 17.6. The van der Waals surface area contributed by atoms with Gasteiger partial charge in [-0.25, -0.2) is 0 Å². The number of benzene rings is 11. The summed E-state index contributed by atoms with van der Waals surface area (Å²) in [7, 11) is 0. The summed E-state index contributed by atoms with van der Waals surface area (Å²) >= 11 is 0. The van der Waals surface area contributed by atoms with Crippen molar-refractivity contribution < 1.29 is 4.42 Å². The maximum Gasteiger partial charge on any atom is 0.143 e. The van der Waals surface area contributed by atoms with Gasteiger partial charge in [-0.1, -0.05) is 172 Å². The molecule has 0 atom stereocenters. The molecule has 0 radical (unpaired) electrons. The molecule has 1 aliphatic rings. The van der Waals surface area contributed by atoms with Gasteiger partial charge in [0.15, 0.2) is 0 Å². The van der Waals surface area contributed by atoms with Gasteiger partial charge < -0.3 is 9.32 Å². The summed E-state index contributed by atoms with van der Waals surface area (Å²) < 4.78 is 7.03. The molecule has 2 heteroatoms. The van der Waals surface area contributed by atoms with Crippen LogP contribution in [0.5, 0.6) is 0 Å². The number of hydrogen-bond acceptors (Lipinski definition) is 2. The van der Waals surface area contributed by atoms with Gasteiger partial charge in [-0.15, -0.1) is 0 Å². The first-order valence-electron chi connectivity index (χ1n) is 21.9. The molecular formula is C61H41NO. The maximum absolute atomic E-state index is 7.03. The fraction of sp³-hybridized carbons (Fsp3) is 0.0492. The molecule has 0 unspecified atom stereocenters. The average Bonchev–Trinajstić information content (AvgIpc) is 3.81. The third-order valence-electron chi connectivity index (χ3n) is 13.8. The van der Waals surface area contributed by atoms with E-state index in [0.29, 0.717) is 0 Å². The van der Waals surface area contributed by atoms with Gasteiger partial charge in [-0.2, -0.15) is 0 Å². The Balaban J connectivity index is 1.02. The lowest BCUT2D eigenvalue weighted by molar-refractivity contribution is 0.660. The summed E-state index contributed by atoms with van der Waals surface area (Å²) in [5, 5.41) is 12.1. The first-order chi connectivity index (χ1) is 31.0. The largest absolute Gasteiger partial charge is 0.455 e. The zero-order chi connectivity index (χ0) is 41.8. The van der Waals surface area contributed by atoms with E-state index >= 15 is 0 Å². The molecule has 63 heavy (non-hydrogen) atoms. The predicted molar refractivity (Wildman–Crippen MR) is 267 cm³/mol. The van der Waals surface area contributed by atoms with Crippen molar-refractivity contribution in [2.45, 2.75) is 19.3 Å². The lowest BCUT2D eigenvalue weighted by atomic mass is 9.82. The molecular weight excluding hydrogens is 763 g/mol. The molecule has 1 aromatic heterocycles. The molecule has 1 heterocycles. The highest BCUT2D eigenvalue weighted by molar-refractivity contribution is 6.27. The van der Waals surface area contributed by atoms with Crippen molar-refractivity contribution in [3.63, 3.8) is 0 Å². The maximum atomic E-state index is 7.03. The van der Waals surface area contributed by atoms with Crippen LogP contribution in [-0.4, -0.2) is 0 Å². The predicted octanol–water partition coefficient (Wildman–Crippen LogP) is 17.3. The molecule has 0 amide bonds.